The summed E-state index contributed by atoms with van der Waals surface area (Å²) in [7, 11) is 1.91. The first-order valence-electron chi connectivity index (χ1n) is 13.8. The topological polar surface area (TPSA) is 65.5 Å². The maximum absolute atomic E-state index is 13.5. The molecule has 1 saturated heterocycles. The van der Waals surface area contributed by atoms with E-state index >= 15 is 0 Å². The van der Waals surface area contributed by atoms with Gasteiger partial charge >= 0.3 is 0 Å². The van der Waals surface area contributed by atoms with Crippen molar-refractivity contribution in [2.24, 2.45) is 5.92 Å². The van der Waals surface area contributed by atoms with Gasteiger partial charge in [-0.2, -0.15) is 0 Å². The molecule has 0 radical (unpaired) electrons. The lowest BCUT2D eigenvalue weighted by molar-refractivity contribution is -0.0558. The molecule has 1 amide bonds. The minimum absolute atomic E-state index is 0.0126. The SMILES string of the molecule is CCC[C@@](O)(c1cncc(Cl)c1-c1cccc(C(C)C)c1)[C@@H]1CCCN(C(=O)c2ccc(CNC)cc2)C1. The molecule has 202 valence electrons. The molecule has 2 atom stereocenters. The molecule has 2 aromatic carbocycles. The van der Waals surface area contributed by atoms with Crippen molar-refractivity contribution >= 4 is 17.5 Å². The minimum Gasteiger partial charge on any atom is -0.385 e. The number of hydrogen-bond acceptors (Lipinski definition) is 4. The van der Waals surface area contributed by atoms with Gasteiger partial charge in [-0.1, -0.05) is 75.2 Å². The number of rotatable bonds is 9. The van der Waals surface area contributed by atoms with Crippen molar-refractivity contribution in [3.63, 3.8) is 0 Å². The summed E-state index contributed by atoms with van der Waals surface area (Å²) < 4.78 is 0. The molecule has 1 aliphatic rings. The van der Waals surface area contributed by atoms with Crippen LogP contribution in [-0.2, 0) is 12.1 Å². The lowest BCUT2D eigenvalue weighted by atomic mass is 9.72. The molecule has 0 aliphatic carbocycles. The van der Waals surface area contributed by atoms with Crippen LogP contribution in [0.4, 0.5) is 0 Å². The predicted octanol–water partition coefficient (Wildman–Crippen LogP) is 6.78. The van der Waals surface area contributed by atoms with Gasteiger partial charge in [-0.15, -0.1) is 0 Å². The van der Waals surface area contributed by atoms with Gasteiger partial charge in [-0.05, 0) is 61.1 Å². The van der Waals surface area contributed by atoms with Crippen LogP contribution in [0.25, 0.3) is 11.1 Å². The molecule has 4 rings (SSSR count). The summed E-state index contributed by atoms with van der Waals surface area (Å²) in [6, 6.07) is 16.2. The Morgan fingerprint density at radius 1 is 1.21 bits per heavy atom. The zero-order chi connectivity index (χ0) is 27.3. The quantitative estimate of drug-likeness (QED) is 0.318. The molecule has 3 aromatic rings. The van der Waals surface area contributed by atoms with E-state index in [4.69, 9.17) is 11.6 Å². The van der Waals surface area contributed by atoms with Gasteiger partial charge in [0.1, 0.15) is 0 Å². The van der Waals surface area contributed by atoms with E-state index in [0.29, 0.717) is 36.0 Å². The second-order valence-electron chi connectivity index (χ2n) is 10.8. The first-order chi connectivity index (χ1) is 18.3. The normalized spacial score (nSPS) is 17.4. The van der Waals surface area contributed by atoms with E-state index in [1.807, 2.05) is 42.3 Å². The average Bonchev–Trinajstić information content (AvgIpc) is 2.93. The number of aliphatic hydroxyl groups is 1. The van der Waals surface area contributed by atoms with E-state index in [-0.39, 0.29) is 11.8 Å². The smallest absolute Gasteiger partial charge is 0.253 e. The number of aromatic nitrogens is 1. The third kappa shape index (κ3) is 5.96. The van der Waals surface area contributed by atoms with Crippen molar-refractivity contribution < 1.29 is 9.90 Å². The number of halogens is 1. The zero-order valence-electron chi connectivity index (χ0n) is 23.0. The van der Waals surface area contributed by atoms with Crippen LogP contribution in [-0.4, -0.2) is 41.0 Å². The number of nitrogens with one attached hydrogen (secondary N) is 1. The lowest BCUT2D eigenvalue weighted by Gasteiger charge is -2.43. The van der Waals surface area contributed by atoms with Crippen LogP contribution in [0.5, 0.6) is 0 Å². The van der Waals surface area contributed by atoms with Crippen molar-refractivity contribution in [2.45, 2.75) is 64.5 Å². The Kier molecular flexibility index (Phi) is 9.24. The molecule has 0 bridgehead atoms. The fourth-order valence-electron chi connectivity index (χ4n) is 5.75. The van der Waals surface area contributed by atoms with E-state index in [9.17, 15) is 9.90 Å². The van der Waals surface area contributed by atoms with Crippen molar-refractivity contribution in [1.29, 1.82) is 0 Å². The Labute approximate surface area is 232 Å². The molecule has 2 heterocycles. The number of benzene rings is 2. The number of carbonyl (C=O) groups excluding carboxylic acids is 1. The number of hydrogen-bond donors (Lipinski definition) is 2. The maximum Gasteiger partial charge on any atom is 0.253 e. The summed E-state index contributed by atoms with van der Waals surface area (Å²) in [5.41, 5.74) is 4.45. The number of nitrogens with zero attached hydrogens (tertiary/aromatic N) is 2. The molecule has 1 fully saturated rings. The van der Waals surface area contributed by atoms with E-state index in [1.54, 1.807) is 12.4 Å². The molecule has 38 heavy (non-hydrogen) atoms. The third-order valence-electron chi connectivity index (χ3n) is 7.80. The van der Waals surface area contributed by atoms with Crippen molar-refractivity contribution in [3.05, 3.63) is 88.2 Å². The summed E-state index contributed by atoms with van der Waals surface area (Å²) in [4.78, 5) is 19.8. The number of piperidine rings is 1. The minimum atomic E-state index is -1.16. The molecule has 2 N–H and O–H groups in total. The van der Waals surface area contributed by atoms with Crippen molar-refractivity contribution in [3.8, 4) is 11.1 Å². The van der Waals surface area contributed by atoms with Gasteiger partial charge in [-0.25, -0.2) is 0 Å². The number of amides is 1. The Bertz CT molecular complexity index is 1240. The maximum atomic E-state index is 13.5. The number of likely N-dealkylation sites (tertiary alicyclic amines) is 1. The molecule has 0 saturated carbocycles. The van der Waals surface area contributed by atoms with Gasteiger partial charge in [0.05, 0.1) is 10.6 Å². The first kappa shape index (κ1) is 28.3. The van der Waals surface area contributed by atoms with E-state index in [0.717, 1.165) is 48.1 Å². The van der Waals surface area contributed by atoms with E-state index in [2.05, 4.69) is 49.3 Å². The Balaban J connectivity index is 1.69. The molecule has 1 aliphatic heterocycles. The standard InChI is InChI=1S/C32H40ClN3O2/c1-5-15-32(38,28-19-35-20-29(33)30(28)26-9-6-8-25(17-26)22(2)3)27-10-7-16-36(21-27)31(37)24-13-11-23(12-14-24)18-34-4/h6,8-9,11-14,17,19-20,22,27,34,38H,5,7,10,15-16,18,21H2,1-4H3/t27-,32+/m1/s1. The largest absolute Gasteiger partial charge is 0.385 e. The molecular formula is C32H40ClN3O2. The van der Waals surface area contributed by atoms with Crippen LogP contribution in [0.15, 0.2) is 60.9 Å². The first-order valence-corrected chi connectivity index (χ1v) is 14.2. The Morgan fingerprint density at radius 2 is 1.97 bits per heavy atom. The predicted molar refractivity (Wildman–Crippen MR) is 155 cm³/mol. The van der Waals surface area contributed by atoms with E-state index < -0.39 is 5.60 Å². The number of pyridine rings is 1. The third-order valence-corrected chi connectivity index (χ3v) is 8.09. The number of carbonyl (C=O) groups is 1. The highest BCUT2D eigenvalue weighted by Crippen LogP contribution is 2.45. The van der Waals surface area contributed by atoms with Crippen LogP contribution < -0.4 is 5.32 Å². The Hall–Kier alpha value is -2.73. The zero-order valence-corrected chi connectivity index (χ0v) is 23.8. The second kappa shape index (κ2) is 12.4. The molecular weight excluding hydrogens is 494 g/mol. The van der Waals surface area contributed by atoms with Crippen LogP contribution in [0.1, 0.15) is 79.4 Å². The molecule has 6 heteroatoms. The fraction of sp³-hybridized carbons (Fsp3) is 0.438. The summed E-state index contributed by atoms with van der Waals surface area (Å²) in [6.45, 7) is 8.37. The highest BCUT2D eigenvalue weighted by Gasteiger charge is 2.43. The van der Waals surface area contributed by atoms with Gasteiger partial charge in [0.25, 0.3) is 5.91 Å². The van der Waals surface area contributed by atoms with Crippen LogP contribution >= 0.6 is 11.6 Å². The van der Waals surface area contributed by atoms with Crippen LogP contribution in [0.2, 0.25) is 5.02 Å². The highest BCUT2D eigenvalue weighted by atomic mass is 35.5. The molecule has 1 aromatic heterocycles. The van der Waals surface area contributed by atoms with Crippen molar-refractivity contribution in [2.75, 3.05) is 20.1 Å². The molecule has 0 spiro atoms. The lowest BCUT2D eigenvalue weighted by Crippen LogP contribution is -2.48. The van der Waals surface area contributed by atoms with Gasteiger partial charge in [-0.3, -0.25) is 9.78 Å². The van der Waals surface area contributed by atoms with Gasteiger partial charge < -0.3 is 15.3 Å². The average molecular weight is 534 g/mol. The second-order valence-corrected chi connectivity index (χ2v) is 11.2. The summed E-state index contributed by atoms with van der Waals surface area (Å²) in [5.74, 6) is 0.258. The summed E-state index contributed by atoms with van der Waals surface area (Å²) >= 11 is 6.79. The highest BCUT2D eigenvalue weighted by molar-refractivity contribution is 6.33. The van der Waals surface area contributed by atoms with Gasteiger partial charge in [0, 0.05) is 54.6 Å². The van der Waals surface area contributed by atoms with Crippen LogP contribution in [0.3, 0.4) is 0 Å². The summed E-state index contributed by atoms with van der Waals surface area (Å²) in [6.07, 6.45) is 6.47. The Morgan fingerprint density at radius 3 is 2.66 bits per heavy atom. The van der Waals surface area contributed by atoms with Gasteiger partial charge in [0.2, 0.25) is 0 Å². The summed E-state index contributed by atoms with van der Waals surface area (Å²) in [5, 5.41) is 16.1. The van der Waals surface area contributed by atoms with Crippen LogP contribution in [0, 0.1) is 5.92 Å². The van der Waals surface area contributed by atoms with E-state index in [1.165, 1.54) is 5.56 Å². The van der Waals surface area contributed by atoms with Crippen molar-refractivity contribution in [1.82, 2.24) is 15.2 Å². The monoisotopic (exact) mass is 533 g/mol. The molecule has 0 unspecified atom stereocenters. The molecule has 5 nitrogen and oxygen atoms in total. The fourth-order valence-corrected chi connectivity index (χ4v) is 6.02. The van der Waals surface area contributed by atoms with Gasteiger partial charge in [0.15, 0.2) is 0 Å².